The minimum Gasteiger partial charge on any atom is -0.412 e. The van der Waals surface area contributed by atoms with E-state index >= 15 is 0 Å². The second kappa shape index (κ2) is 20.8. The first-order valence-electron chi connectivity index (χ1n) is 1.52. The van der Waals surface area contributed by atoms with Crippen LogP contribution in [0.25, 0.3) is 0 Å². The maximum atomic E-state index is 7.88. The molecule has 3 heteroatoms. The van der Waals surface area contributed by atoms with Crippen molar-refractivity contribution in [2.75, 3.05) is 6.61 Å². The molecule has 0 aliphatic carbocycles. The van der Waals surface area contributed by atoms with E-state index in [1.807, 2.05) is 6.92 Å². The van der Waals surface area contributed by atoms with Gasteiger partial charge in [-0.25, -0.2) is 0 Å². The number of aliphatic hydroxyl groups is 1. The Balaban J connectivity index is -0.0000000450. The molecule has 0 aliphatic heterocycles. The van der Waals surface area contributed by atoms with Crippen molar-refractivity contribution in [1.82, 2.24) is 0 Å². The second-order valence-corrected chi connectivity index (χ2v) is 0.724. The first-order valence-corrected chi connectivity index (χ1v) is 1.52. The zero-order valence-electron chi connectivity index (χ0n) is 3.86. The van der Waals surface area contributed by atoms with E-state index in [0.717, 1.165) is 6.42 Å². The van der Waals surface area contributed by atoms with Gasteiger partial charge in [0.05, 0.1) is 0 Å². The third kappa shape index (κ3) is 41.6. The van der Waals surface area contributed by atoms with Crippen molar-refractivity contribution in [3.63, 3.8) is 0 Å². The fraction of sp³-hybridized carbons (Fsp3) is 1.00. The van der Waals surface area contributed by atoms with Gasteiger partial charge in [-0.3, -0.25) is 0 Å². The van der Waals surface area contributed by atoms with E-state index in [1.165, 1.54) is 0 Å². The summed E-state index contributed by atoms with van der Waals surface area (Å²) in [6, 6.07) is 0. The van der Waals surface area contributed by atoms with Crippen LogP contribution >= 0.6 is 0 Å². The molecule has 6 heavy (non-hydrogen) atoms. The van der Waals surface area contributed by atoms with E-state index in [-0.39, 0.29) is 11.0 Å². The van der Waals surface area contributed by atoms with E-state index in [1.54, 1.807) is 0 Å². The normalized spacial score (nSPS) is 5.00. The lowest BCUT2D eigenvalue weighted by molar-refractivity contribution is 0.295. The van der Waals surface area contributed by atoms with Crippen molar-refractivity contribution in [2.24, 2.45) is 0 Å². The van der Waals surface area contributed by atoms with Crippen LogP contribution in [0.5, 0.6) is 0 Å². The van der Waals surface area contributed by atoms with Crippen molar-refractivity contribution in [3.8, 4) is 0 Å². The Morgan fingerprint density at radius 3 is 1.50 bits per heavy atom. The van der Waals surface area contributed by atoms with E-state index in [9.17, 15) is 0 Å². The molecule has 0 heterocycles. The van der Waals surface area contributed by atoms with Crippen molar-refractivity contribution in [3.05, 3.63) is 0 Å². The highest BCUT2D eigenvalue weighted by Crippen LogP contribution is 1.61. The quantitative estimate of drug-likeness (QED) is 0.434. The Bertz CT molecular complexity index is 8.00. The fourth-order valence-corrected chi connectivity index (χ4v) is 0. The maximum Gasteiger partial charge on any atom is 0.0428 e. The van der Waals surface area contributed by atoms with Crippen LogP contribution in [0, 0.1) is 0 Å². The smallest absolute Gasteiger partial charge is 0.0428 e. The lowest BCUT2D eigenvalue weighted by atomic mass is 10.5. The Morgan fingerprint density at radius 1 is 1.33 bits per heavy atom. The van der Waals surface area contributed by atoms with Crippen molar-refractivity contribution >= 4 is 0 Å². The molecule has 0 saturated heterocycles. The van der Waals surface area contributed by atoms with Gasteiger partial charge in [-0.15, -0.1) is 0 Å². The van der Waals surface area contributed by atoms with Crippen LogP contribution < -0.4 is 0 Å². The Hall–Kier alpha value is -0.120. The maximum absolute atomic E-state index is 7.88. The van der Waals surface area contributed by atoms with Gasteiger partial charge in [-0.2, -0.15) is 0 Å². The summed E-state index contributed by atoms with van der Waals surface area (Å²) >= 11 is 0. The van der Waals surface area contributed by atoms with Gasteiger partial charge in [-0.1, -0.05) is 6.92 Å². The summed E-state index contributed by atoms with van der Waals surface area (Å²) in [7, 11) is 0. The van der Waals surface area contributed by atoms with Crippen LogP contribution in [0.3, 0.4) is 0 Å². The van der Waals surface area contributed by atoms with Gasteiger partial charge < -0.3 is 16.1 Å². The summed E-state index contributed by atoms with van der Waals surface area (Å²) in [5, 5.41) is 7.88. The van der Waals surface area contributed by atoms with E-state index in [4.69, 9.17) is 5.11 Å². The summed E-state index contributed by atoms with van der Waals surface area (Å²) in [6.07, 6.45) is 0.875. The molecular weight excluding hydrogens is 84.0 g/mol. The molecule has 0 saturated carbocycles. The second-order valence-electron chi connectivity index (χ2n) is 0.724. The molecule has 0 aromatic carbocycles. The van der Waals surface area contributed by atoms with Crippen LogP contribution in [0.15, 0.2) is 0 Å². The largest absolute Gasteiger partial charge is 0.412 e. The summed E-state index contributed by atoms with van der Waals surface area (Å²) < 4.78 is 0. The minimum absolute atomic E-state index is 0. The average molecular weight is 96.1 g/mol. The van der Waals surface area contributed by atoms with Crippen molar-refractivity contribution < 1.29 is 16.1 Å². The van der Waals surface area contributed by atoms with Gasteiger partial charge in [-0.05, 0) is 6.42 Å². The molecule has 5 N–H and O–H groups in total. The van der Waals surface area contributed by atoms with Crippen LogP contribution in [-0.4, -0.2) is 22.7 Å². The summed E-state index contributed by atoms with van der Waals surface area (Å²) in [6.45, 7) is 2.25. The standard InChI is InChI=1S/C3H8O.2H2O/c1-2-3-4;;/h4H,2-3H2,1H3;2*1H2. The monoisotopic (exact) mass is 96.1 g/mol. The molecule has 3 nitrogen and oxygen atoms in total. The molecule has 0 spiro atoms. The lowest BCUT2D eigenvalue weighted by Crippen LogP contribution is -1.69. The summed E-state index contributed by atoms with van der Waals surface area (Å²) in [4.78, 5) is 0. The van der Waals surface area contributed by atoms with Gasteiger partial charge in [0.2, 0.25) is 0 Å². The van der Waals surface area contributed by atoms with Crippen molar-refractivity contribution in [2.45, 2.75) is 13.3 Å². The fourth-order valence-electron chi connectivity index (χ4n) is 0. The topological polar surface area (TPSA) is 83.2 Å². The van der Waals surface area contributed by atoms with Crippen LogP contribution in [0.2, 0.25) is 0 Å². The highest BCUT2D eigenvalue weighted by Gasteiger charge is 1.57. The summed E-state index contributed by atoms with van der Waals surface area (Å²) in [5.74, 6) is 0. The molecule has 0 unspecified atom stereocenters. The predicted octanol–water partition coefficient (Wildman–Crippen LogP) is -1.26. The molecule has 0 fully saturated rings. The molecule has 0 amide bonds. The predicted molar refractivity (Wildman–Crippen MR) is 24.6 cm³/mol. The highest BCUT2D eigenvalue weighted by molar-refractivity contribution is 4.10. The number of aliphatic hydroxyl groups excluding tert-OH is 1. The van der Waals surface area contributed by atoms with Gasteiger partial charge in [0, 0.05) is 6.61 Å². The molecule has 0 rings (SSSR count). The van der Waals surface area contributed by atoms with Gasteiger partial charge >= 0.3 is 0 Å². The highest BCUT2D eigenvalue weighted by atomic mass is 16.2. The number of rotatable bonds is 1. The van der Waals surface area contributed by atoms with Gasteiger partial charge in [0.1, 0.15) is 0 Å². The SMILES string of the molecule is CCCO.O.O. The van der Waals surface area contributed by atoms with Crippen LogP contribution in [0.1, 0.15) is 13.3 Å². The van der Waals surface area contributed by atoms with Crippen LogP contribution in [-0.2, 0) is 0 Å². The molecule has 0 bridgehead atoms. The Labute approximate surface area is 37.2 Å². The van der Waals surface area contributed by atoms with E-state index < -0.39 is 0 Å². The van der Waals surface area contributed by atoms with Crippen molar-refractivity contribution in [1.29, 1.82) is 0 Å². The molecule has 42 valence electrons. The number of hydrogen-bond donors (Lipinski definition) is 1. The Kier molecular flexibility index (Phi) is 58.5. The zero-order valence-corrected chi connectivity index (χ0v) is 3.86. The Morgan fingerprint density at radius 2 is 1.50 bits per heavy atom. The molecular formula is C3H12O3. The first kappa shape index (κ1) is 16.9. The third-order valence-corrected chi connectivity index (χ3v) is 0.224. The molecule has 0 radical (unpaired) electrons. The van der Waals surface area contributed by atoms with Gasteiger partial charge in [0.15, 0.2) is 0 Å². The average Bonchev–Trinajstić information content (AvgIpc) is 1.37. The van der Waals surface area contributed by atoms with Crippen LogP contribution in [0.4, 0.5) is 0 Å². The minimum atomic E-state index is 0. The molecule has 0 aliphatic rings. The summed E-state index contributed by atoms with van der Waals surface area (Å²) in [5.41, 5.74) is 0. The van der Waals surface area contributed by atoms with E-state index in [2.05, 4.69) is 0 Å². The molecule has 0 atom stereocenters. The third-order valence-electron chi connectivity index (χ3n) is 0.224. The molecule has 0 aromatic rings. The van der Waals surface area contributed by atoms with Gasteiger partial charge in [0.25, 0.3) is 0 Å². The zero-order chi connectivity index (χ0) is 3.41. The van der Waals surface area contributed by atoms with E-state index in [0.29, 0.717) is 6.61 Å². The lowest BCUT2D eigenvalue weighted by Gasteiger charge is -1.69. The molecule has 0 aromatic heterocycles. The first-order chi connectivity index (χ1) is 1.91. The number of hydrogen-bond acceptors (Lipinski definition) is 1.